The van der Waals surface area contributed by atoms with Crippen molar-refractivity contribution in [2.45, 2.75) is 313 Å². The first-order valence-electron chi connectivity index (χ1n) is 26.9. The molecule has 376 valence electrons. The first-order chi connectivity index (χ1) is 30.7. The largest absolute Gasteiger partial charge is 0.394 e. The quantitative estimate of drug-likeness (QED) is 0.0273. The summed E-state index contributed by atoms with van der Waals surface area (Å²) in [4.78, 5) is 13.0. The van der Waals surface area contributed by atoms with Gasteiger partial charge in [0.1, 0.15) is 36.6 Å². The van der Waals surface area contributed by atoms with E-state index in [0.29, 0.717) is 19.3 Å². The number of nitrogens with one attached hydrogen (secondary N) is 1. The Labute approximate surface area is 386 Å². The molecule has 1 fully saturated rings. The Bertz CT molecular complexity index is 991. The fraction of sp³-hybridized carbons (Fsp3) is 0.981. The maximum Gasteiger partial charge on any atom is 0.249 e. The summed E-state index contributed by atoms with van der Waals surface area (Å²) in [5, 5.41) is 75.2. The van der Waals surface area contributed by atoms with Crippen LogP contribution in [0.2, 0.25) is 0 Å². The zero-order valence-electron chi connectivity index (χ0n) is 40.8. The molecule has 0 spiro atoms. The Hall–Kier alpha value is -0.890. The molecule has 1 heterocycles. The number of ether oxygens (including phenoxy) is 2. The highest BCUT2D eigenvalue weighted by molar-refractivity contribution is 5.80. The van der Waals surface area contributed by atoms with Crippen molar-refractivity contribution in [3.63, 3.8) is 0 Å². The molecule has 9 unspecified atom stereocenters. The fourth-order valence-corrected chi connectivity index (χ4v) is 8.97. The summed E-state index contributed by atoms with van der Waals surface area (Å²) in [6, 6.07) is -1.16. The van der Waals surface area contributed by atoms with E-state index in [1.54, 1.807) is 0 Å². The maximum absolute atomic E-state index is 13.0. The van der Waals surface area contributed by atoms with E-state index in [1.165, 1.54) is 173 Å². The zero-order chi connectivity index (χ0) is 46.2. The van der Waals surface area contributed by atoms with Crippen LogP contribution < -0.4 is 5.32 Å². The number of aliphatic hydroxyl groups is 7. The summed E-state index contributed by atoms with van der Waals surface area (Å²) in [6.07, 6.45) is 35.4. The smallest absolute Gasteiger partial charge is 0.249 e. The highest BCUT2D eigenvalue weighted by Gasteiger charge is 2.44. The van der Waals surface area contributed by atoms with Crippen molar-refractivity contribution < 1.29 is 50.0 Å². The van der Waals surface area contributed by atoms with Gasteiger partial charge in [-0.05, 0) is 12.8 Å². The van der Waals surface area contributed by atoms with Gasteiger partial charge in [-0.15, -0.1) is 0 Å². The van der Waals surface area contributed by atoms with Gasteiger partial charge in [-0.2, -0.15) is 0 Å². The van der Waals surface area contributed by atoms with Crippen molar-refractivity contribution >= 4 is 5.91 Å². The highest BCUT2D eigenvalue weighted by Crippen LogP contribution is 2.23. The molecule has 1 amide bonds. The number of hydrogen-bond acceptors (Lipinski definition) is 10. The summed E-state index contributed by atoms with van der Waals surface area (Å²) in [5.74, 6) is -0.697. The van der Waals surface area contributed by atoms with Gasteiger partial charge in [0.15, 0.2) is 6.29 Å². The van der Waals surface area contributed by atoms with Gasteiger partial charge in [-0.1, -0.05) is 245 Å². The molecule has 1 saturated heterocycles. The van der Waals surface area contributed by atoms with Crippen LogP contribution in [0.1, 0.15) is 258 Å². The normalized spacial score (nSPS) is 21.1. The van der Waals surface area contributed by atoms with Crippen LogP contribution in [0, 0.1) is 0 Å². The van der Waals surface area contributed by atoms with E-state index in [1.807, 2.05) is 0 Å². The second kappa shape index (κ2) is 42.5. The van der Waals surface area contributed by atoms with Crippen molar-refractivity contribution in [2.24, 2.45) is 0 Å². The van der Waals surface area contributed by atoms with E-state index in [-0.39, 0.29) is 6.42 Å². The van der Waals surface area contributed by atoms with Crippen LogP contribution in [0.5, 0.6) is 0 Å². The highest BCUT2D eigenvalue weighted by atomic mass is 16.7. The van der Waals surface area contributed by atoms with Crippen LogP contribution in [0.25, 0.3) is 0 Å². The lowest BCUT2D eigenvalue weighted by atomic mass is 9.98. The second-order valence-electron chi connectivity index (χ2n) is 19.3. The first kappa shape index (κ1) is 60.1. The van der Waals surface area contributed by atoms with Crippen LogP contribution >= 0.6 is 0 Å². The Morgan fingerprint density at radius 1 is 0.492 bits per heavy atom. The van der Waals surface area contributed by atoms with Gasteiger partial charge >= 0.3 is 0 Å². The lowest BCUT2D eigenvalue weighted by Crippen LogP contribution is -2.60. The molecule has 11 nitrogen and oxygen atoms in total. The van der Waals surface area contributed by atoms with Crippen LogP contribution in [0.3, 0.4) is 0 Å². The van der Waals surface area contributed by atoms with Gasteiger partial charge in [0.05, 0.1) is 25.4 Å². The van der Waals surface area contributed by atoms with Crippen LogP contribution in [-0.2, 0) is 14.3 Å². The Balaban J connectivity index is 2.08. The van der Waals surface area contributed by atoms with Gasteiger partial charge in [-0.25, -0.2) is 0 Å². The summed E-state index contributed by atoms with van der Waals surface area (Å²) >= 11 is 0. The molecule has 1 aliphatic rings. The number of carbonyl (C=O) groups excluding carboxylic acids is 1. The number of unbranched alkanes of at least 4 members (excludes halogenated alkanes) is 34. The lowest BCUT2D eigenvalue weighted by molar-refractivity contribution is -0.303. The second-order valence-corrected chi connectivity index (χ2v) is 19.3. The minimum atomic E-state index is -1.65. The number of rotatable bonds is 46. The zero-order valence-corrected chi connectivity index (χ0v) is 40.8. The molecule has 1 aliphatic heterocycles. The molecular formula is C52H103NO10. The monoisotopic (exact) mass is 902 g/mol. The molecule has 0 aromatic rings. The average molecular weight is 902 g/mol. The molecule has 1 rings (SSSR count). The molecule has 0 radical (unpaired) electrons. The van der Waals surface area contributed by atoms with E-state index in [9.17, 15) is 40.5 Å². The Kier molecular flexibility index (Phi) is 40.5. The number of amides is 1. The maximum atomic E-state index is 13.0. The third-order valence-electron chi connectivity index (χ3n) is 13.4. The van der Waals surface area contributed by atoms with E-state index >= 15 is 0 Å². The molecule has 0 aromatic carbocycles. The van der Waals surface area contributed by atoms with Crippen molar-refractivity contribution in [2.75, 3.05) is 13.2 Å². The molecule has 11 heteroatoms. The standard InChI is InChI=1S/C52H103NO10/c1-3-5-7-9-10-11-12-13-14-15-16-17-18-19-20-21-22-23-24-25-26-27-28-29-30-31-32-33-34-36-38-40-45(56)51(61)53-43(47(57)44(55)39-37-35-8-6-4-2)42-62-52-50(60)49(59)48(58)46(41-54)63-52/h43-50,52,54-60H,3-42H2,1-2H3,(H,53,61). The van der Waals surface area contributed by atoms with Crippen LogP contribution in [0.4, 0.5) is 0 Å². The van der Waals surface area contributed by atoms with Gasteiger partial charge in [-0.3, -0.25) is 4.79 Å². The number of aliphatic hydroxyl groups excluding tert-OH is 7. The van der Waals surface area contributed by atoms with E-state index < -0.39 is 74.2 Å². The van der Waals surface area contributed by atoms with E-state index in [4.69, 9.17) is 9.47 Å². The molecule has 0 aromatic heterocycles. The third kappa shape index (κ3) is 31.7. The summed E-state index contributed by atoms with van der Waals surface area (Å²) in [5.41, 5.74) is 0. The van der Waals surface area contributed by atoms with E-state index in [2.05, 4.69) is 19.2 Å². The van der Waals surface area contributed by atoms with Gasteiger partial charge in [0.25, 0.3) is 0 Å². The predicted octanol–water partition coefficient (Wildman–Crippen LogP) is 10.2. The van der Waals surface area contributed by atoms with Crippen LogP contribution in [0.15, 0.2) is 0 Å². The molecule has 0 aliphatic carbocycles. The van der Waals surface area contributed by atoms with Crippen molar-refractivity contribution in [3.8, 4) is 0 Å². The minimum absolute atomic E-state index is 0.266. The predicted molar refractivity (Wildman–Crippen MR) is 256 cm³/mol. The summed E-state index contributed by atoms with van der Waals surface area (Å²) in [6.45, 7) is 3.35. The molecule has 8 N–H and O–H groups in total. The number of carbonyl (C=O) groups is 1. The average Bonchev–Trinajstić information content (AvgIpc) is 3.28. The first-order valence-corrected chi connectivity index (χ1v) is 26.9. The Morgan fingerprint density at radius 2 is 0.825 bits per heavy atom. The topological polar surface area (TPSA) is 189 Å². The fourth-order valence-electron chi connectivity index (χ4n) is 8.97. The lowest BCUT2D eigenvalue weighted by Gasteiger charge is -2.40. The minimum Gasteiger partial charge on any atom is -0.394 e. The molecule has 0 saturated carbocycles. The number of hydrogen-bond donors (Lipinski definition) is 8. The summed E-state index contributed by atoms with van der Waals surface area (Å²) in [7, 11) is 0. The van der Waals surface area contributed by atoms with Crippen molar-refractivity contribution in [3.05, 3.63) is 0 Å². The molecule has 0 bridgehead atoms. The van der Waals surface area contributed by atoms with Gasteiger partial charge in [0, 0.05) is 0 Å². The SMILES string of the molecule is CCCCCCCCCCCCCCCCCCCCCCCCCCCCCCCCCC(O)C(=O)NC(COC1OC(CO)C(O)C(O)C1O)C(O)C(O)CCCCCCC. The van der Waals surface area contributed by atoms with Gasteiger partial charge in [0.2, 0.25) is 5.91 Å². The molecule has 9 atom stereocenters. The van der Waals surface area contributed by atoms with E-state index in [0.717, 1.165) is 44.9 Å². The molecule has 63 heavy (non-hydrogen) atoms. The summed E-state index contributed by atoms with van der Waals surface area (Å²) < 4.78 is 11.0. The third-order valence-corrected chi connectivity index (χ3v) is 13.4. The van der Waals surface area contributed by atoms with Crippen LogP contribution in [-0.4, -0.2) is 110 Å². The van der Waals surface area contributed by atoms with Crippen molar-refractivity contribution in [1.82, 2.24) is 5.32 Å². The molecular weight excluding hydrogens is 799 g/mol. The van der Waals surface area contributed by atoms with Crippen molar-refractivity contribution in [1.29, 1.82) is 0 Å². The Morgan fingerprint density at radius 3 is 1.17 bits per heavy atom. The van der Waals surface area contributed by atoms with Gasteiger partial charge < -0.3 is 50.5 Å².